The maximum atomic E-state index is 11.6. The third-order valence-electron chi connectivity index (χ3n) is 3.30. The number of rotatable bonds is 3. The number of fused-ring (bicyclic) bond motifs is 1. The predicted molar refractivity (Wildman–Crippen MR) is 65.9 cm³/mol. The molecule has 1 aromatic rings. The van der Waals surface area contributed by atoms with E-state index in [9.17, 15) is 4.79 Å². The van der Waals surface area contributed by atoms with Crippen LogP contribution in [-0.4, -0.2) is 5.91 Å². The van der Waals surface area contributed by atoms with Gasteiger partial charge in [0.1, 0.15) is 0 Å². The summed E-state index contributed by atoms with van der Waals surface area (Å²) in [5.74, 6) is -0.365. The van der Waals surface area contributed by atoms with Crippen molar-refractivity contribution in [2.45, 2.75) is 18.8 Å². The summed E-state index contributed by atoms with van der Waals surface area (Å²) >= 11 is 0. The first-order valence-corrected chi connectivity index (χ1v) is 5.32. The summed E-state index contributed by atoms with van der Waals surface area (Å²) in [5, 5.41) is 0. The van der Waals surface area contributed by atoms with Gasteiger partial charge >= 0.3 is 0 Å². The average Bonchev–Trinajstić information content (AvgIpc) is 2.75. The Morgan fingerprint density at radius 2 is 2.31 bits per heavy atom. The second-order valence-electron chi connectivity index (χ2n) is 4.26. The van der Waals surface area contributed by atoms with E-state index >= 15 is 0 Å². The molecule has 2 heteroatoms. The summed E-state index contributed by atoms with van der Waals surface area (Å²) in [7, 11) is 0. The third kappa shape index (κ3) is 1.38. The standard InChI is InChI=1S/C14H15NO/c1-3-14(2,13(15)16)12-9-5-7-10-6-4-8-11(10)12/h3-5,7-9H,1,6H2,2H3,(H2,15,16). The second kappa shape index (κ2) is 3.63. The van der Waals surface area contributed by atoms with Gasteiger partial charge in [-0.3, -0.25) is 4.79 Å². The maximum absolute atomic E-state index is 11.6. The second-order valence-corrected chi connectivity index (χ2v) is 4.26. The summed E-state index contributed by atoms with van der Waals surface area (Å²) in [5.41, 5.74) is 7.98. The van der Waals surface area contributed by atoms with Crippen molar-refractivity contribution in [3.8, 4) is 0 Å². The third-order valence-corrected chi connectivity index (χ3v) is 3.30. The van der Waals surface area contributed by atoms with E-state index in [2.05, 4.69) is 24.8 Å². The van der Waals surface area contributed by atoms with E-state index in [-0.39, 0.29) is 5.91 Å². The average molecular weight is 213 g/mol. The number of amides is 1. The summed E-state index contributed by atoms with van der Waals surface area (Å²) < 4.78 is 0. The van der Waals surface area contributed by atoms with Crippen LogP contribution in [0.2, 0.25) is 0 Å². The quantitative estimate of drug-likeness (QED) is 0.768. The molecule has 0 aromatic heterocycles. The van der Waals surface area contributed by atoms with E-state index < -0.39 is 5.41 Å². The Morgan fingerprint density at radius 3 is 2.94 bits per heavy atom. The molecule has 2 N–H and O–H groups in total. The molecule has 2 nitrogen and oxygen atoms in total. The lowest BCUT2D eigenvalue weighted by molar-refractivity contribution is -0.121. The molecule has 1 atom stereocenters. The topological polar surface area (TPSA) is 43.1 Å². The Kier molecular flexibility index (Phi) is 2.43. The van der Waals surface area contributed by atoms with Crippen LogP contribution in [0.15, 0.2) is 36.9 Å². The number of carbonyl (C=O) groups is 1. The molecular formula is C14H15NO. The minimum atomic E-state index is -0.792. The van der Waals surface area contributed by atoms with Crippen LogP contribution in [0.3, 0.4) is 0 Å². The molecule has 1 aliphatic rings. The van der Waals surface area contributed by atoms with Crippen molar-refractivity contribution in [3.05, 3.63) is 53.6 Å². The summed E-state index contributed by atoms with van der Waals surface area (Å²) in [6, 6.07) is 5.98. The molecule has 82 valence electrons. The lowest BCUT2D eigenvalue weighted by atomic mass is 9.78. The highest BCUT2D eigenvalue weighted by Crippen LogP contribution is 2.33. The number of nitrogens with two attached hydrogens (primary N) is 1. The van der Waals surface area contributed by atoms with E-state index in [1.54, 1.807) is 6.08 Å². The minimum Gasteiger partial charge on any atom is -0.369 e. The van der Waals surface area contributed by atoms with Crippen molar-refractivity contribution in [3.63, 3.8) is 0 Å². The SMILES string of the molecule is C=CC(C)(C(N)=O)c1cccc2c1C=CC2. The first kappa shape index (κ1) is 10.7. The summed E-state index contributed by atoms with van der Waals surface area (Å²) in [6.45, 7) is 5.54. The van der Waals surface area contributed by atoms with E-state index in [0.717, 1.165) is 17.5 Å². The number of primary amides is 1. The molecule has 0 bridgehead atoms. The molecule has 0 aliphatic heterocycles. The van der Waals surface area contributed by atoms with Gasteiger partial charge in [0.15, 0.2) is 0 Å². The van der Waals surface area contributed by atoms with Crippen LogP contribution in [0.5, 0.6) is 0 Å². The molecule has 1 unspecified atom stereocenters. The van der Waals surface area contributed by atoms with Crippen LogP contribution in [-0.2, 0) is 16.6 Å². The zero-order valence-corrected chi connectivity index (χ0v) is 9.36. The molecule has 0 saturated heterocycles. The summed E-state index contributed by atoms with van der Waals surface area (Å²) in [6.07, 6.45) is 6.69. The molecule has 0 saturated carbocycles. The largest absolute Gasteiger partial charge is 0.369 e. The van der Waals surface area contributed by atoms with Gasteiger partial charge in [0, 0.05) is 0 Å². The highest BCUT2D eigenvalue weighted by molar-refractivity contribution is 5.90. The molecule has 2 rings (SSSR count). The van der Waals surface area contributed by atoms with Crippen molar-refractivity contribution in [1.29, 1.82) is 0 Å². The molecule has 16 heavy (non-hydrogen) atoms. The van der Waals surface area contributed by atoms with E-state index in [1.807, 2.05) is 19.1 Å². The first-order chi connectivity index (χ1) is 7.59. The number of carbonyl (C=O) groups excluding carboxylic acids is 1. The van der Waals surface area contributed by atoms with Gasteiger partial charge < -0.3 is 5.73 Å². The number of hydrogen-bond donors (Lipinski definition) is 1. The number of hydrogen-bond acceptors (Lipinski definition) is 1. The maximum Gasteiger partial charge on any atom is 0.231 e. The predicted octanol–water partition coefficient (Wildman–Crippen LogP) is 2.18. The normalized spacial score (nSPS) is 16.6. The highest BCUT2D eigenvalue weighted by atomic mass is 16.1. The fraction of sp³-hybridized carbons (Fsp3) is 0.214. The monoisotopic (exact) mass is 213 g/mol. The van der Waals surface area contributed by atoms with Crippen LogP contribution >= 0.6 is 0 Å². The molecular weight excluding hydrogens is 198 g/mol. The Balaban J connectivity index is 2.64. The molecule has 0 spiro atoms. The molecule has 1 amide bonds. The molecule has 0 heterocycles. The van der Waals surface area contributed by atoms with Gasteiger partial charge in [0.05, 0.1) is 5.41 Å². The smallest absolute Gasteiger partial charge is 0.231 e. The Hall–Kier alpha value is -1.83. The van der Waals surface area contributed by atoms with Gasteiger partial charge in [-0.2, -0.15) is 0 Å². The van der Waals surface area contributed by atoms with Crippen LogP contribution in [0, 0.1) is 0 Å². The van der Waals surface area contributed by atoms with E-state index in [4.69, 9.17) is 5.73 Å². The van der Waals surface area contributed by atoms with Crippen LogP contribution in [0.4, 0.5) is 0 Å². The highest BCUT2D eigenvalue weighted by Gasteiger charge is 2.32. The fourth-order valence-corrected chi connectivity index (χ4v) is 2.09. The Labute approximate surface area is 95.5 Å². The molecule has 0 fully saturated rings. The van der Waals surface area contributed by atoms with Crippen molar-refractivity contribution in [2.24, 2.45) is 5.73 Å². The zero-order valence-electron chi connectivity index (χ0n) is 9.36. The van der Waals surface area contributed by atoms with Crippen LogP contribution in [0.1, 0.15) is 23.6 Å². The van der Waals surface area contributed by atoms with E-state index in [0.29, 0.717) is 0 Å². The van der Waals surface area contributed by atoms with Crippen molar-refractivity contribution in [2.75, 3.05) is 0 Å². The molecule has 1 aliphatic carbocycles. The fourth-order valence-electron chi connectivity index (χ4n) is 2.09. The van der Waals surface area contributed by atoms with Gasteiger partial charge in [-0.1, -0.05) is 36.4 Å². The number of allylic oxidation sites excluding steroid dienone is 1. The summed E-state index contributed by atoms with van der Waals surface area (Å²) in [4.78, 5) is 11.6. The van der Waals surface area contributed by atoms with Crippen LogP contribution in [0.25, 0.3) is 6.08 Å². The lowest BCUT2D eigenvalue weighted by Crippen LogP contribution is -2.37. The first-order valence-electron chi connectivity index (χ1n) is 5.32. The van der Waals surface area contributed by atoms with Gasteiger partial charge in [0.2, 0.25) is 5.91 Å². The Bertz CT molecular complexity index is 488. The zero-order chi connectivity index (χ0) is 11.8. The van der Waals surface area contributed by atoms with Crippen LogP contribution < -0.4 is 5.73 Å². The van der Waals surface area contributed by atoms with Gasteiger partial charge in [-0.15, -0.1) is 6.58 Å². The van der Waals surface area contributed by atoms with Gasteiger partial charge in [-0.05, 0) is 30.0 Å². The Morgan fingerprint density at radius 1 is 1.56 bits per heavy atom. The number of benzene rings is 1. The van der Waals surface area contributed by atoms with Gasteiger partial charge in [-0.25, -0.2) is 0 Å². The van der Waals surface area contributed by atoms with E-state index in [1.165, 1.54) is 5.56 Å². The molecule has 1 aromatic carbocycles. The minimum absolute atomic E-state index is 0.365. The van der Waals surface area contributed by atoms with Crippen molar-refractivity contribution < 1.29 is 4.79 Å². The van der Waals surface area contributed by atoms with Crippen molar-refractivity contribution in [1.82, 2.24) is 0 Å². The lowest BCUT2D eigenvalue weighted by Gasteiger charge is -2.24. The van der Waals surface area contributed by atoms with Gasteiger partial charge in [0.25, 0.3) is 0 Å². The molecule has 0 radical (unpaired) electrons. The van der Waals surface area contributed by atoms with Crippen molar-refractivity contribution >= 4 is 12.0 Å².